The molecule has 0 heterocycles. The largest absolute Gasteiger partial charge is 0.470 e. The third-order valence-corrected chi connectivity index (χ3v) is 4.53. The molecule has 0 aromatic heterocycles. The first-order valence-electron chi connectivity index (χ1n) is 7.18. The maximum Gasteiger partial charge on any atom is 0.470 e. The quantitative estimate of drug-likeness (QED) is 0.409. The van der Waals surface area contributed by atoms with Crippen molar-refractivity contribution < 1.29 is 49.7 Å². The predicted molar refractivity (Wildman–Crippen MR) is 76.1 cm³/mol. The van der Waals surface area contributed by atoms with Crippen molar-refractivity contribution in [1.29, 1.82) is 0 Å². The molecule has 2 N–H and O–H groups in total. The van der Waals surface area contributed by atoms with Gasteiger partial charge >= 0.3 is 20.2 Å². The Hall–Kier alpha value is -0.350. The summed E-state index contributed by atoms with van der Waals surface area (Å²) in [5.41, 5.74) is -4.86. The molecule has 0 radical (unpaired) electrons. The lowest BCUT2D eigenvalue weighted by Crippen LogP contribution is -2.57. The lowest BCUT2D eigenvalue weighted by atomic mass is 10.00. The van der Waals surface area contributed by atoms with E-state index in [4.69, 9.17) is 9.79 Å². The topological polar surface area (TPSA) is 66.8 Å². The summed E-state index contributed by atoms with van der Waals surface area (Å²) in [6, 6.07) is 0. The highest BCUT2D eigenvalue weighted by Crippen LogP contribution is 2.55. The Labute approximate surface area is 137 Å². The molecule has 12 heteroatoms. The smallest absolute Gasteiger partial charge is 0.327 e. The van der Waals surface area contributed by atoms with Crippen LogP contribution in [0.1, 0.15) is 34.1 Å². The summed E-state index contributed by atoms with van der Waals surface area (Å²) < 4.78 is 87.6. The molecule has 148 valence electrons. The summed E-state index contributed by atoms with van der Waals surface area (Å²) in [7, 11) is -3.65. The molecule has 0 aromatic carbocycles. The van der Waals surface area contributed by atoms with Crippen LogP contribution in [0.25, 0.3) is 0 Å². The lowest BCUT2D eigenvalue weighted by molar-refractivity contribution is -0.904. The van der Waals surface area contributed by atoms with Crippen LogP contribution in [-0.2, 0) is 9.09 Å². The molecule has 0 spiro atoms. The maximum absolute atomic E-state index is 12.2. The van der Waals surface area contributed by atoms with Crippen molar-refractivity contribution in [2.45, 2.75) is 52.1 Å². The van der Waals surface area contributed by atoms with Gasteiger partial charge in [-0.05, 0) is 27.2 Å². The van der Waals surface area contributed by atoms with Crippen molar-refractivity contribution in [3.05, 3.63) is 0 Å². The van der Waals surface area contributed by atoms with E-state index < -0.39 is 32.2 Å². The molecule has 0 amide bonds. The number of quaternary nitrogens is 1. The number of alkyl halides is 6. The average molecular weight is 392 g/mol. The van der Waals surface area contributed by atoms with Gasteiger partial charge in [0, 0.05) is 0 Å². The number of halogens is 6. The zero-order chi connectivity index (χ0) is 20.0. The van der Waals surface area contributed by atoms with Gasteiger partial charge < -0.3 is 14.3 Å². The molecule has 5 nitrogen and oxygen atoms in total. The predicted octanol–water partition coefficient (Wildman–Crippen LogP) is 3.86. The molecule has 0 atom stereocenters. The second kappa shape index (κ2) is 8.84. The van der Waals surface area contributed by atoms with E-state index in [-0.39, 0.29) is 0 Å². The highest BCUT2D eigenvalue weighted by molar-refractivity contribution is 7.46. The normalized spacial score (nSPS) is 14.2. The third-order valence-electron chi connectivity index (χ3n) is 3.98. The molecule has 0 saturated heterocycles. The zero-order valence-electron chi connectivity index (χ0n) is 14.2. The van der Waals surface area contributed by atoms with Crippen molar-refractivity contribution in [3.63, 3.8) is 0 Å². The summed E-state index contributed by atoms with van der Waals surface area (Å²) in [6.07, 6.45) is -13.7. The third kappa shape index (κ3) is 7.26. The SMILES string of the molecule is CCC(OP(=O)(O)O)(C(F)(F)F)C(F)(F)F.CC[N+](C)(CC)CC. The van der Waals surface area contributed by atoms with E-state index in [1.54, 1.807) is 0 Å². The van der Waals surface area contributed by atoms with Crippen molar-refractivity contribution in [2.24, 2.45) is 0 Å². The van der Waals surface area contributed by atoms with E-state index in [2.05, 4.69) is 32.3 Å². The first kappa shape index (κ1) is 25.9. The van der Waals surface area contributed by atoms with Crippen molar-refractivity contribution in [2.75, 3.05) is 26.7 Å². The van der Waals surface area contributed by atoms with Crippen LogP contribution in [-0.4, -0.2) is 58.9 Å². The van der Waals surface area contributed by atoms with Crippen LogP contribution in [0.5, 0.6) is 0 Å². The lowest BCUT2D eigenvalue weighted by Gasteiger charge is -2.35. The molecule has 0 aliphatic carbocycles. The molecule has 0 aliphatic heterocycles. The van der Waals surface area contributed by atoms with Gasteiger partial charge in [-0.3, -0.25) is 4.52 Å². The zero-order valence-corrected chi connectivity index (χ0v) is 15.1. The van der Waals surface area contributed by atoms with Gasteiger partial charge in [-0.1, -0.05) is 6.92 Å². The van der Waals surface area contributed by atoms with Gasteiger partial charge in [-0.25, -0.2) is 4.57 Å². The summed E-state index contributed by atoms with van der Waals surface area (Å²) >= 11 is 0. The first-order valence-corrected chi connectivity index (χ1v) is 8.71. The van der Waals surface area contributed by atoms with Gasteiger partial charge in [-0.2, -0.15) is 26.3 Å². The second-order valence-corrected chi connectivity index (χ2v) is 6.49. The van der Waals surface area contributed by atoms with E-state index in [0.29, 0.717) is 6.92 Å². The van der Waals surface area contributed by atoms with Gasteiger partial charge in [0.1, 0.15) is 0 Å². The van der Waals surface area contributed by atoms with Crippen LogP contribution in [0.2, 0.25) is 0 Å². The highest BCUT2D eigenvalue weighted by Gasteiger charge is 2.73. The van der Waals surface area contributed by atoms with Crippen molar-refractivity contribution in [1.82, 2.24) is 0 Å². The standard InChI is InChI=1S/C7H18N.C5H7F6O4P/c1-5-8(4,6-2)7-3;1-2-3(4(6,7)8,5(9,10)11)15-16(12,13)14/h5-7H2,1-4H3;2H2,1H3,(H2,12,13,14)/q+1;. The minimum absolute atomic E-state index is 0.455. The fourth-order valence-corrected chi connectivity index (χ4v) is 2.35. The van der Waals surface area contributed by atoms with Gasteiger partial charge in [0.05, 0.1) is 26.7 Å². The van der Waals surface area contributed by atoms with E-state index in [9.17, 15) is 30.9 Å². The Morgan fingerprint density at radius 1 is 0.875 bits per heavy atom. The highest BCUT2D eigenvalue weighted by atomic mass is 31.2. The van der Waals surface area contributed by atoms with Gasteiger partial charge in [0.2, 0.25) is 0 Å². The van der Waals surface area contributed by atoms with E-state index >= 15 is 0 Å². The number of phosphoric acid groups is 1. The molecule has 24 heavy (non-hydrogen) atoms. The average Bonchev–Trinajstić information content (AvgIpc) is 2.41. The Balaban J connectivity index is 0. The van der Waals surface area contributed by atoms with Crippen LogP contribution in [0.3, 0.4) is 0 Å². The van der Waals surface area contributed by atoms with Crippen molar-refractivity contribution in [3.8, 4) is 0 Å². The summed E-state index contributed by atoms with van der Waals surface area (Å²) in [5, 5.41) is 0. The molecular formula is C12H25F6NO4P+. The molecule has 0 rings (SSSR count). The molecule has 0 bridgehead atoms. The Morgan fingerprint density at radius 3 is 1.21 bits per heavy atom. The number of phosphoric ester groups is 1. The molecule has 0 aromatic rings. The Kier molecular flexibility index (Phi) is 9.54. The van der Waals surface area contributed by atoms with Gasteiger partial charge in [0.25, 0.3) is 5.60 Å². The van der Waals surface area contributed by atoms with E-state index in [1.165, 1.54) is 24.1 Å². The molecule has 0 aliphatic rings. The van der Waals surface area contributed by atoms with Gasteiger partial charge in [0.15, 0.2) is 0 Å². The summed E-state index contributed by atoms with van der Waals surface area (Å²) in [4.78, 5) is 16.2. The van der Waals surface area contributed by atoms with Crippen LogP contribution < -0.4 is 0 Å². The van der Waals surface area contributed by atoms with Crippen LogP contribution >= 0.6 is 7.82 Å². The summed E-state index contributed by atoms with van der Waals surface area (Å²) in [5.74, 6) is 0. The van der Waals surface area contributed by atoms with Crippen LogP contribution in [0, 0.1) is 0 Å². The van der Waals surface area contributed by atoms with Crippen molar-refractivity contribution >= 4 is 7.82 Å². The molecule has 0 saturated carbocycles. The fourth-order valence-electron chi connectivity index (χ4n) is 1.60. The second-order valence-electron chi connectivity index (χ2n) is 5.33. The van der Waals surface area contributed by atoms with E-state index in [0.717, 1.165) is 0 Å². The maximum atomic E-state index is 12.2. The van der Waals surface area contributed by atoms with Crippen LogP contribution in [0.15, 0.2) is 0 Å². The number of nitrogens with zero attached hydrogens (tertiary/aromatic N) is 1. The molecule has 0 fully saturated rings. The number of hydrogen-bond donors (Lipinski definition) is 2. The molecular weight excluding hydrogens is 367 g/mol. The Bertz CT molecular complexity index is 394. The first-order chi connectivity index (χ1) is 10.4. The Morgan fingerprint density at radius 2 is 1.17 bits per heavy atom. The van der Waals surface area contributed by atoms with Gasteiger partial charge in [-0.15, -0.1) is 0 Å². The number of rotatable bonds is 6. The number of hydrogen-bond acceptors (Lipinski definition) is 2. The monoisotopic (exact) mass is 392 g/mol. The van der Waals surface area contributed by atoms with E-state index in [1.807, 2.05) is 0 Å². The fraction of sp³-hybridized carbons (Fsp3) is 1.00. The minimum atomic E-state index is -5.98. The minimum Gasteiger partial charge on any atom is -0.327 e. The molecule has 0 unspecified atom stereocenters. The van der Waals surface area contributed by atoms with Crippen LogP contribution in [0.4, 0.5) is 26.3 Å². The summed E-state index contributed by atoms with van der Waals surface area (Å²) in [6.45, 7) is 11.0.